The summed E-state index contributed by atoms with van der Waals surface area (Å²) in [7, 11) is 0. The Hall–Kier alpha value is 0.660. The van der Waals surface area contributed by atoms with Gasteiger partial charge in [-0.1, -0.05) is 0 Å². The van der Waals surface area contributed by atoms with Gasteiger partial charge in [0.2, 0.25) is 0 Å². The third kappa shape index (κ3) is 6.66. The molecule has 8 heavy (non-hydrogen) atoms. The molecular formula is C5H12OS2. The minimum absolute atomic E-state index is 0.335. The second kappa shape index (κ2) is 7.66. The molecule has 0 radical (unpaired) electrons. The lowest BCUT2D eigenvalue weighted by molar-refractivity contribution is 0.296. The van der Waals surface area contributed by atoms with Crippen molar-refractivity contribution < 1.29 is 5.11 Å². The minimum atomic E-state index is 0.335. The van der Waals surface area contributed by atoms with E-state index >= 15 is 0 Å². The first-order chi connectivity index (χ1) is 3.91. The van der Waals surface area contributed by atoms with Gasteiger partial charge in [-0.25, -0.2) is 0 Å². The van der Waals surface area contributed by atoms with Gasteiger partial charge in [-0.2, -0.15) is 23.5 Å². The standard InChI is InChI=1S/C5H12OS2/c1-7-5-8-4-2-3-6/h6H,2-5H2,1H3. The molecule has 0 saturated heterocycles. The molecule has 0 saturated carbocycles. The lowest BCUT2D eigenvalue weighted by atomic mass is 10.5. The van der Waals surface area contributed by atoms with Gasteiger partial charge in [0.1, 0.15) is 0 Å². The Morgan fingerprint density at radius 2 is 2.25 bits per heavy atom. The summed E-state index contributed by atoms with van der Waals surface area (Å²) in [5, 5.41) is 9.50. The van der Waals surface area contributed by atoms with Crippen molar-refractivity contribution >= 4 is 23.5 Å². The average molecular weight is 152 g/mol. The van der Waals surface area contributed by atoms with Crippen LogP contribution in [0.1, 0.15) is 6.42 Å². The molecular weight excluding hydrogens is 140 g/mol. The number of aliphatic hydroxyl groups is 1. The first-order valence-corrected chi connectivity index (χ1v) is 5.14. The Morgan fingerprint density at radius 3 is 2.75 bits per heavy atom. The number of rotatable bonds is 5. The zero-order chi connectivity index (χ0) is 6.24. The van der Waals surface area contributed by atoms with E-state index in [9.17, 15) is 0 Å². The van der Waals surface area contributed by atoms with Crippen LogP contribution in [0.25, 0.3) is 0 Å². The molecule has 0 heterocycles. The normalized spacial score (nSPS) is 9.75. The van der Waals surface area contributed by atoms with Crippen LogP contribution in [0.15, 0.2) is 0 Å². The van der Waals surface area contributed by atoms with Crippen LogP contribution < -0.4 is 0 Å². The number of thioether (sulfide) groups is 2. The first kappa shape index (κ1) is 8.66. The topological polar surface area (TPSA) is 20.2 Å². The lowest BCUT2D eigenvalue weighted by Crippen LogP contribution is -1.84. The van der Waals surface area contributed by atoms with Crippen LogP contribution in [0.5, 0.6) is 0 Å². The summed E-state index contributed by atoms with van der Waals surface area (Å²) in [5.41, 5.74) is 0. The highest BCUT2D eigenvalue weighted by Crippen LogP contribution is 2.08. The fraction of sp³-hybridized carbons (Fsp3) is 1.00. The molecule has 0 atom stereocenters. The van der Waals surface area contributed by atoms with Gasteiger partial charge in [-0.15, -0.1) is 0 Å². The lowest BCUT2D eigenvalue weighted by Gasteiger charge is -1.93. The van der Waals surface area contributed by atoms with E-state index in [0.29, 0.717) is 6.61 Å². The molecule has 0 aromatic heterocycles. The molecule has 50 valence electrons. The van der Waals surface area contributed by atoms with Crippen LogP contribution in [-0.2, 0) is 0 Å². The molecule has 0 spiro atoms. The number of hydrogen-bond acceptors (Lipinski definition) is 3. The predicted octanol–water partition coefficient (Wildman–Crippen LogP) is 1.42. The van der Waals surface area contributed by atoms with E-state index in [-0.39, 0.29) is 0 Å². The van der Waals surface area contributed by atoms with Crippen molar-refractivity contribution in [2.24, 2.45) is 0 Å². The predicted molar refractivity (Wildman–Crippen MR) is 42.5 cm³/mol. The Balaban J connectivity index is 2.53. The van der Waals surface area contributed by atoms with E-state index < -0.39 is 0 Å². The summed E-state index contributed by atoms with van der Waals surface area (Å²) in [5.74, 6) is 1.09. The summed E-state index contributed by atoms with van der Waals surface area (Å²) in [6, 6.07) is 0. The maximum absolute atomic E-state index is 8.35. The van der Waals surface area contributed by atoms with Gasteiger partial charge in [-0.05, 0) is 18.4 Å². The highest BCUT2D eigenvalue weighted by Gasteiger charge is 1.84. The quantitative estimate of drug-likeness (QED) is 0.475. The van der Waals surface area contributed by atoms with Gasteiger partial charge < -0.3 is 5.11 Å². The molecule has 0 fully saturated rings. The molecule has 0 aromatic carbocycles. The largest absolute Gasteiger partial charge is 0.396 e. The molecule has 0 aromatic rings. The average Bonchev–Trinajstić information content (AvgIpc) is 1.81. The Labute approximate surface area is 59.2 Å². The summed E-state index contributed by atoms with van der Waals surface area (Å²) in [6.07, 6.45) is 3.02. The monoisotopic (exact) mass is 152 g/mol. The third-order valence-electron chi connectivity index (χ3n) is 0.648. The van der Waals surface area contributed by atoms with Crippen LogP contribution in [0, 0.1) is 0 Å². The Morgan fingerprint density at radius 1 is 1.50 bits per heavy atom. The zero-order valence-electron chi connectivity index (χ0n) is 5.09. The van der Waals surface area contributed by atoms with Crippen molar-refractivity contribution in [1.82, 2.24) is 0 Å². The van der Waals surface area contributed by atoms with Crippen LogP contribution in [-0.4, -0.2) is 28.8 Å². The van der Waals surface area contributed by atoms with Crippen LogP contribution in [0.2, 0.25) is 0 Å². The molecule has 0 aliphatic heterocycles. The summed E-state index contributed by atoms with van der Waals surface area (Å²) in [6.45, 7) is 0.335. The highest BCUT2D eigenvalue weighted by molar-refractivity contribution is 8.15. The van der Waals surface area contributed by atoms with Gasteiger partial charge in [0.05, 0.1) is 0 Å². The van der Waals surface area contributed by atoms with Gasteiger partial charge in [0, 0.05) is 11.7 Å². The van der Waals surface area contributed by atoms with Crippen molar-refractivity contribution in [1.29, 1.82) is 0 Å². The van der Waals surface area contributed by atoms with Crippen LogP contribution >= 0.6 is 23.5 Å². The van der Waals surface area contributed by atoms with Gasteiger partial charge in [0.25, 0.3) is 0 Å². The van der Waals surface area contributed by atoms with Crippen molar-refractivity contribution in [3.63, 3.8) is 0 Å². The summed E-state index contributed by atoms with van der Waals surface area (Å²) in [4.78, 5) is 0. The minimum Gasteiger partial charge on any atom is -0.396 e. The first-order valence-electron chi connectivity index (χ1n) is 2.59. The van der Waals surface area contributed by atoms with Crippen LogP contribution in [0.4, 0.5) is 0 Å². The molecule has 0 bridgehead atoms. The van der Waals surface area contributed by atoms with E-state index in [1.165, 1.54) is 0 Å². The molecule has 0 rings (SSSR count). The Kier molecular flexibility index (Phi) is 8.29. The number of aliphatic hydroxyl groups excluding tert-OH is 1. The van der Waals surface area contributed by atoms with E-state index in [2.05, 4.69) is 6.26 Å². The molecule has 3 heteroatoms. The molecule has 0 unspecified atom stereocenters. The van der Waals surface area contributed by atoms with Gasteiger partial charge in [0.15, 0.2) is 0 Å². The third-order valence-corrected chi connectivity index (χ3v) is 2.83. The summed E-state index contributed by atoms with van der Waals surface area (Å²) >= 11 is 3.71. The van der Waals surface area contributed by atoms with Crippen molar-refractivity contribution in [2.75, 3.05) is 23.7 Å². The van der Waals surface area contributed by atoms with E-state index in [4.69, 9.17) is 5.11 Å². The second-order valence-electron chi connectivity index (χ2n) is 1.39. The van der Waals surface area contributed by atoms with Gasteiger partial charge >= 0.3 is 0 Å². The van der Waals surface area contributed by atoms with Gasteiger partial charge in [-0.3, -0.25) is 0 Å². The maximum atomic E-state index is 8.35. The second-order valence-corrected chi connectivity index (χ2v) is 3.73. The van der Waals surface area contributed by atoms with E-state index in [1.807, 2.05) is 23.5 Å². The Bertz CT molecular complexity index is 35.4. The summed E-state index contributed by atoms with van der Waals surface area (Å²) < 4.78 is 0. The van der Waals surface area contributed by atoms with Crippen molar-refractivity contribution in [2.45, 2.75) is 6.42 Å². The fourth-order valence-electron chi connectivity index (χ4n) is 0.309. The SMILES string of the molecule is CSCSCCCO. The smallest absolute Gasteiger partial charge is 0.0438 e. The van der Waals surface area contributed by atoms with Crippen molar-refractivity contribution in [3.8, 4) is 0 Å². The van der Waals surface area contributed by atoms with E-state index in [1.54, 1.807) is 0 Å². The highest BCUT2D eigenvalue weighted by atomic mass is 32.2. The molecule has 0 amide bonds. The fourth-order valence-corrected chi connectivity index (χ4v) is 1.78. The van der Waals surface area contributed by atoms with Crippen LogP contribution in [0.3, 0.4) is 0 Å². The molecule has 1 N–H and O–H groups in total. The zero-order valence-corrected chi connectivity index (χ0v) is 6.73. The van der Waals surface area contributed by atoms with E-state index in [0.717, 1.165) is 17.3 Å². The molecule has 0 aliphatic carbocycles. The maximum Gasteiger partial charge on any atom is 0.0438 e. The van der Waals surface area contributed by atoms with Crippen molar-refractivity contribution in [3.05, 3.63) is 0 Å². The molecule has 0 aliphatic rings. The molecule has 1 nitrogen and oxygen atoms in total. The number of hydrogen-bond donors (Lipinski definition) is 1.